The fraction of sp³-hybridized carbons (Fsp3) is 0.500. The van der Waals surface area contributed by atoms with Crippen LogP contribution >= 0.6 is 0 Å². The molecule has 18 heavy (non-hydrogen) atoms. The van der Waals surface area contributed by atoms with Crippen molar-refractivity contribution >= 4 is 11.7 Å². The molecular weight excluding hydrogens is 233 g/mol. The first-order chi connectivity index (χ1) is 8.56. The van der Waals surface area contributed by atoms with E-state index in [1.54, 1.807) is 6.92 Å². The van der Waals surface area contributed by atoms with Crippen LogP contribution in [0.2, 0.25) is 0 Å². The van der Waals surface area contributed by atoms with Crippen LogP contribution in [0.5, 0.6) is 0 Å². The van der Waals surface area contributed by atoms with E-state index in [0.717, 1.165) is 25.7 Å². The number of carbonyl (C=O) groups excluding carboxylic acids is 1. The van der Waals surface area contributed by atoms with Crippen molar-refractivity contribution in [3.63, 3.8) is 0 Å². The second kappa shape index (κ2) is 6.99. The molecule has 2 N–H and O–H groups in total. The summed E-state index contributed by atoms with van der Waals surface area (Å²) >= 11 is 0. The van der Waals surface area contributed by atoms with Crippen LogP contribution in [0.25, 0.3) is 0 Å². The van der Waals surface area contributed by atoms with E-state index in [9.17, 15) is 9.18 Å². The van der Waals surface area contributed by atoms with Gasteiger partial charge in [0.1, 0.15) is 5.82 Å². The van der Waals surface area contributed by atoms with Crippen LogP contribution in [0, 0.1) is 12.7 Å². The number of ether oxygens (including phenoxy) is 1. The summed E-state index contributed by atoms with van der Waals surface area (Å²) in [5.41, 5.74) is 6.23. The van der Waals surface area contributed by atoms with Crippen molar-refractivity contribution in [2.24, 2.45) is 0 Å². The first-order valence-corrected chi connectivity index (χ1v) is 6.29. The molecule has 0 bridgehead atoms. The molecule has 3 nitrogen and oxygen atoms in total. The molecular formula is C14H20FNO2. The van der Waals surface area contributed by atoms with Gasteiger partial charge >= 0.3 is 5.97 Å². The van der Waals surface area contributed by atoms with Gasteiger partial charge in [-0.15, -0.1) is 0 Å². The highest BCUT2D eigenvalue weighted by Gasteiger charge is 2.15. The zero-order chi connectivity index (χ0) is 13.5. The number of rotatable bonds is 6. The highest BCUT2D eigenvalue weighted by Crippen LogP contribution is 2.18. The van der Waals surface area contributed by atoms with E-state index in [2.05, 4.69) is 6.92 Å². The summed E-state index contributed by atoms with van der Waals surface area (Å²) in [7, 11) is 0. The highest BCUT2D eigenvalue weighted by molar-refractivity contribution is 5.91. The lowest BCUT2D eigenvalue weighted by Gasteiger charge is -2.08. The van der Waals surface area contributed by atoms with Gasteiger partial charge in [0.05, 0.1) is 12.2 Å². The minimum absolute atomic E-state index is 0.0806. The number of halogens is 1. The molecule has 0 aliphatic carbocycles. The first kappa shape index (κ1) is 14.5. The number of nitrogen functional groups attached to an aromatic ring is 1. The summed E-state index contributed by atoms with van der Waals surface area (Å²) in [5, 5.41) is 0. The van der Waals surface area contributed by atoms with Crippen molar-refractivity contribution in [1.82, 2.24) is 0 Å². The van der Waals surface area contributed by atoms with Gasteiger partial charge in [-0.2, -0.15) is 0 Å². The molecule has 0 heterocycles. The largest absolute Gasteiger partial charge is 0.462 e. The van der Waals surface area contributed by atoms with E-state index >= 15 is 0 Å². The second-order valence-electron chi connectivity index (χ2n) is 4.40. The molecule has 0 fully saturated rings. The average Bonchev–Trinajstić information content (AvgIpc) is 2.33. The highest BCUT2D eigenvalue weighted by atomic mass is 19.1. The quantitative estimate of drug-likeness (QED) is 0.480. The number of anilines is 1. The molecule has 1 rings (SSSR count). The molecule has 4 heteroatoms. The molecule has 0 saturated heterocycles. The van der Waals surface area contributed by atoms with Crippen LogP contribution in [0.1, 0.15) is 48.5 Å². The van der Waals surface area contributed by atoms with E-state index in [1.165, 1.54) is 12.1 Å². The zero-order valence-corrected chi connectivity index (χ0v) is 11.0. The Morgan fingerprint density at radius 2 is 2.06 bits per heavy atom. The lowest BCUT2D eigenvalue weighted by molar-refractivity contribution is 0.0492. The molecule has 0 saturated carbocycles. The molecule has 0 atom stereocenters. The molecule has 0 aromatic heterocycles. The van der Waals surface area contributed by atoms with E-state index in [1.807, 2.05) is 0 Å². The van der Waals surface area contributed by atoms with Gasteiger partial charge in [-0.3, -0.25) is 0 Å². The Hall–Kier alpha value is -1.58. The minimum Gasteiger partial charge on any atom is -0.462 e. The second-order valence-corrected chi connectivity index (χ2v) is 4.40. The maximum absolute atomic E-state index is 13.7. The van der Waals surface area contributed by atoms with Gasteiger partial charge in [-0.05, 0) is 31.0 Å². The van der Waals surface area contributed by atoms with Gasteiger partial charge in [0.15, 0.2) is 0 Å². The molecule has 0 aliphatic heterocycles. The lowest BCUT2D eigenvalue weighted by Crippen LogP contribution is -2.10. The number of hydrogen-bond acceptors (Lipinski definition) is 3. The Labute approximate surface area is 107 Å². The number of unbranched alkanes of at least 4 members (excludes halogenated alkanes) is 3. The van der Waals surface area contributed by atoms with Crippen LogP contribution in [-0.2, 0) is 4.74 Å². The Bertz CT molecular complexity index is 419. The summed E-state index contributed by atoms with van der Waals surface area (Å²) in [4.78, 5) is 11.7. The number of carbonyl (C=O) groups is 1. The van der Waals surface area contributed by atoms with Gasteiger partial charge in [0.2, 0.25) is 0 Å². The van der Waals surface area contributed by atoms with Crippen LogP contribution in [0.3, 0.4) is 0 Å². The van der Waals surface area contributed by atoms with Crippen molar-refractivity contribution in [3.8, 4) is 0 Å². The summed E-state index contributed by atoms with van der Waals surface area (Å²) in [5.74, 6) is -1.19. The fourth-order valence-electron chi connectivity index (χ4n) is 1.72. The molecule has 0 spiro atoms. The third-order valence-electron chi connectivity index (χ3n) is 2.73. The molecule has 1 aromatic carbocycles. The smallest absolute Gasteiger partial charge is 0.341 e. The van der Waals surface area contributed by atoms with Gasteiger partial charge in [0.25, 0.3) is 0 Å². The summed E-state index contributed by atoms with van der Waals surface area (Å²) in [6.45, 7) is 4.01. The fourth-order valence-corrected chi connectivity index (χ4v) is 1.72. The van der Waals surface area contributed by atoms with Crippen molar-refractivity contribution in [2.75, 3.05) is 12.3 Å². The molecule has 1 aromatic rings. The van der Waals surface area contributed by atoms with Crippen molar-refractivity contribution < 1.29 is 13.9 Å². The number of benzene rings is 1. The Morgan fingerprint density at radius 3 is 2.72 bits per heavy atom. The van der Waals surface area contributed by atoms with E-state index in [4.69, 9.17) is 10.5 Å². The predicted molar refractivity (Wildman–Crippen MR) is 70.0 cm³/mol. The van der Waals surface area contributed by atoms with Crippen LogP contribution in [0.15, 0.2) is 12.1 Å². The molecule has 0 amide bonds. The monoisotopic (exact) mass is 253 g/mol. The Kier molecular flexibility index (Phi) is 5.62. The van der Waals surface area contributed by atoms with Crippen molar-refractivity contribution in [2.45, 2.75) is 39.5 Å². The third-order valence-corrected chi connectivity index (χ3v) is 2.73. The maximum Gasteiger partial charge on any atom is 0.341 e. The predicted octanol–water partition coefficient (Wildman–Crippen LogP) is 3.45. The van der Waals surface area contributed by atoms with Gasteiger partial charge in [-0.1, -0.05) is 26.2 Å². The standard InChI is InChI=1S/C14H20FNO2/c1-3-4-5-6-7-18-14(17)12-9-11(16)8-10(2)13(12)15/h8-9H,3-7,16H2,1-2H3. The first-order valence-electron chi connectivity index (χ1n) is 6.29. The van der Waals surface area contributed by atoms with Crippen molar-refractivity contribution in [1.29, 1.82) is 0 Å². The third kappa shape index (κ3) is 4.02. The number of esters is 1. The average molecular weight is 253 g/mol. The summed E-state index contributed by atoms with van der Waals surface area (Å²) in [6, 6.07) is 2.81. The normalized spacial score (nSPS) is 10.4. The zero-order valence-electron chi connectivity index (χ0n) is 11.0. The number of hydrogen-bond donors (Lipinski definition) is 1. The molecule has 0 radical (unpaired) electrons. The Balaban J connectivity index is 2.56. The number of nitrogens with two attached hydrogens (primary N) is 1. The van der Waals surface area contributed by atoms with Gasteiger partial charge < -0.3 is 10.5 Å². The summed E-state index contributed by atoms with van der Waals surface area (Å²) in [6.07, 6.45) is 4.06. The van der Waals surface area contributed by atoms with Crippen LogP contribution in [0.4, 0.5) is 10.1 Å². The van der Waals surface area contributed by atoms with Crippen molar-refractivity contribution in [3.05, 3.63) is 29.1 Å². The Morgan fingerprint density at radius 1 is 1.33 bits per heavy atom. The molecule has 100 valence electrons. The lowest BCUT2D eigenvalue weighted by atomic mass is 10.1. The van der Waals surface area contributed by atoms with Crippen LogP contribution in [-0.4, -0.2) is 12.6 Å². The van der Waals surface area contributed by atoms with Gasteiger partial charge in [-0.25, -0.2) is 9.18 Å². The maximum atomic E-state index is 13.7. The van der Waals surface area contributed by atoms with E-state index in [0.29, 0.717) is 17.9 Å². The molecule has 0 aliphatic rings. The van der Waals surface area contributed by atoms with Gasteiger partial charge in [0, 0.05) is 5.69 Å². The van der Waals surface area contributed by atoms with E-state index < -0.39 is 11.8 Å². The summed E-state index contributed by atoms with van der Waals surface area (Å²) < 4.78 is 18.7. The number of aryl methyl sites for hydroxylation is 1. The molecule has 0 unspecified atom stereocenters. The minimum atomic E-state index is -0.639. The van der Waals surface area contributed by atoms with E-state index in [-0.39, 0.29) is 5.56 Å². The SMILES string of the molecule is CCCCCCOC(=O)c1cc(N)cc(C)c1F. The topological polar surface area (TPSA) is 52.3 Å². The van der Waals surface area contributed by atoms with Crippen LogP contribution < -0.4 is 5.73 Å².